The molecule has 0 saturated carbocycles. The minimum absolute atomic E-state index is 0.205. The Morgan fingerprint density at radius 1 is 0.762 bits per heavy atom. The van der Waals surface area contributed by atoms with Crippen LogP contribution in [0.5, 0.6) is 0 Å². The Morgan fingerprint density at radius 3 is 2.33 bits per heavy atom. The smallest absolute Gasteiger partial charge is 0.00827 e. The van der Waals surface area contributed by atoms with Crippen molar-refractivity contribution in [1.82, 2.24) is 0 Å². The molecule has 0 radical (unpaired) electrons. The van der Waals surface area contributed by atoms with Gasteiger partial charge in [-0.15, -0.1) is 0 Å². The van der Waals surface area contributed by atoms with Crippen molar-refractivity contribution < 1.29 is 0 Å². The van der Waals surface area contributed by atoms with E-state index in [2.05, 4.69) is 72.8 Å². The summed E-state index contributed by atoms with van der Waals surface area (Å²) in [4.78, 5) is 0. The number of aryl methyl sites for hydroxylation is 1. The third-order valence-corrected chi connectivity index (χ3v) is 4.01. The van der Waals surface area contributed by atoms with Gasteiger partial charge >= 0.3 is 0 Å². The third kappa shape index (κ3) is 3.50. The average molecular weight is 275 g/mol. The molecule has 0 aliphatic rings. The van der Waals surface area contributed by atoms with Gasteiger partial charge in [0.25, 0.3) is 0 Å². The van der Waals surface area contributed by atoms with Gasteiger partial charge in [0.15, 0.2) is 0 Å². The highest BCUT2D eigenvalue weighted by molar-refractivity contribution is 5.85. The summed E-state index contributed by atoms with van der Waals surface area (Å²) >= 11 is 0. The first kappa shape index (κ1) is 13.8. The Bertz CT molecular complexity index is 698. The van der Waals surface area contributed by atoms with Crippen LogP contribution >= 0.6 is 0 Å². The van der Waals surface area contributed by atoms with E-state index in [1.54, 1.807) is 0 Å². The summed E-state index contributed by atoms with van der Waals surface area (Å²) in [6.45, 7) is 0. The second kappa shape index (κ2) is 6.55. The SMILES string of the molecule is NC(CCc1ccccc1)Cc1cccc2ccccc12. The minimum Gasteiger partial charge on any atom is -0.327 e. The highest BCUT2D eigenvalue weighted by atomic mass is 14.6. The second-order valence-corrected chi connectivity index (χ2v) is 5.63. The first-order valence-corrected chi connectivity index (χ1v) is 7.59. The van der Waals surface area contributed by atoms with Crippen molar-refractivity contribution >= 4 is 10.8 Å². The van der Waals surface area contributed by atoms with Crippen LogP contribution in [-0.2, 0) is 12.8 Å². The van der Waals surface area contributed by atoms with E-state index >= 15 is 0 Å². The van der Waals surface area contributed by atoms with Crippen LogP contribution in [0.25, 0.3) is 10.8 Å². The van der Waals surface area contributed by atoms with Gasteiger partial charge < -0.3 is 5.73 Å². The van der Waals surface area contributed by atoms with Crippen LogP contribution in [0.3, 0.4) is 0 Å². The van der Waals surface area contributed by atoms with E-state index in [0.717, 1.165) is 19.3 Å². The van der Waals surface area contributed by atoms with Crippen LogP contribution in [0, 0.1) is 0 Å². The maximum absolute atomic E-state index is 6.34. The summed E-state index contributed by atoms with van der Waals surface area (Å²) < 4.78 is 0. The molecule has 0 aliphatic carbocycles. The maximum Gasteiger partial charge on any atom is 0.00827 e. The highest BCUT2D eigenvalue weighted by Crippen LogP contribution is 2.20. The van der Waals surface area contributed by atoms with Gasteiger partial charge in [0.2, 0.25) is 0 Å². The number of nitrogens with two attached hydrogens (primary N) is 1. The zero-order valence-corrected chi connectivity index (χ0v) is 12.2. The Morgan fingerprint density at radius 2 is 1.48 bits per heavy atom. The molecule has 1 atom stereocenters. The Kier molecular flexibility index (Phi) is 4.32. The fraction of sp³-hybridized carbons (Fsp3) is 0.200. The van der Waals surface area contributed by atoms with E-state index in [1.165, 1.54) is 21.9 Å². The quantitative estimate of drug-likeness (QED) is 0.736. The molecule has 0 aromatic heterocycles. The molecule has 3 rings (SSSR count). The fourth-order valence-electron chi connectivity index (χ4n) is 2.85. The zero-order valence-electron chi connectivity index (χ0n) is 12.2. The summed E-state index contributed by atoms with van der Waals surface area (Å²) in [5.41, 5.74) is 9.07. The topological polar surface area (TPSA) is 26.0 Å². The minimum atomic E-state index is 0.205. The lowest BCUT2D eigenvalue weighted by Gasteiger charge is -2.13. The summed E-state index contributed by atoms with van der Waals surface area (Å²) in [5.74, 6) is 0. The van der Waals surface area contributed by atoms with Crippen molar-refractivity contribution in [1.29, 1.82) is 0 Å². The average Bonchev–Trinajstić information content (AvgIpc) is 2.54. The molecule has 0 amide bonds. The lowest BCUT2D eigenvalue weighted by Crippen LogP contribution is -2.23. The van der Waals surface area contributed by atoms with Gasteiger partial charge in [0.05, 0.1) is 0 Å². The fourth-order valence-corrected chi connectivity index (χ4v) is 2.85. The van der Waals surface area contributed by atoms with Crippen molar-refractivity contribution in [3.05, 3.63) is 83.9 Å². The molecule has 21 heavy (non-hydrogen) atoms. The molecule has 0 heterocycles. The van der Waals surface area contributed by atoms with E-state index in [4.69, 9.17) is 5.73 Å². The molecular weight excluding hydrogens is 254 g/mol. The molecule has 0 spiro atoms. The molecule has 0 fully saturated rings. The van der Waals surface area contributed by atoms with Crippen LogP contribution in [0.2, 0.25) is 0 Å². The van der Waals surface area contributed by atoms with E-state index in [1.807, 2.05) is 0 Å². The van der Waals surface area contributed by atoms with Crippen LogP contribution in [0.1, 0.15) is 17.5 Å². The van der Waals surface area contributed by atoms with Crippen molar-refractivity contribution in [2.45, 2.75) is 25.3 Å². The van der Waals surface area contributed by atoms with E-state index in [-0.39, 0.29) is 6.04 Å². The van der Waals surface area contributed by atoms with Gasteiger partial charge in [-0.05, 0) is 41.2 Å². The molecule has 2 N–H and O–H groups in total. The number of hydrogen-bond donors (Lipinski definition) is 1. The molecule has 3 aromatic rings. The van der Waals surface area contributed by atoms with Crippen molar-refractivity contribution in [3.8, 4) is 0 Å². The maximum atomic E-state index is 6.34. The summed E-state index contributed by atoms with van der Waals surface area (Å²) in [6.07, 6.45) is 3.01. The predicted molar refractivity (Wildman–Crippen MR) is 90.4 cm³/mol. The normalized spacial score (nSPS) is 12.4. The lowest BCUT2D eigenvalue weighted by molar-refractivity contribution is 0.612. The van der Waals surface area contributed by atoms with E-state index in [0.29, 0.717) is 0 Å². The third-order valence-electron chi connectivity index (χ3n) is 4.01. The van der Waals surface area contributed by atoms with Gasteiger partial charge in [-0.3, -0.25) is 0 Å². The van der Waals surface area contributed by atoms with Crippen LogP contribution in [0.15, 0.2) is 72.8 Å². The number of rotatable bonds is 5. The molecule has 0 saturated heterocycles. The monoisotopic (exact) mass is 275 g/mol. The standard InChI is InChI=1S/C20H21N/c21-19(14-13-16-7-2-1-3-8-16)15-18-11-6-10-17-9-4-5-12-20(17)18/h1-12,19H,13-15,21H2. The summed E-state index contributed by atoms with van der Waals surface area (Å²) in [5, 5.41) is 2.63. The largest absolute Gasteiger partial charge is 0.327 e. The molecule has 1 unspecified atom stereocenters. The molecule has 106 valence electrons. The first-order valence-electron chi connectivity index (χ1n) is 7.59. The summed E-state index contributed by atoms with van der Waals surface area (Å²) in [6, 6.07) is 25.8. The van der Waals surface area contributed by atoms with Crippen molar-refractivity contribution in [2.75, 3.05) is 0 Å². The number of benzene rings is 3. The zero-order chi connectivity index (χ0) is 14.5. The highest BCUT2D eigenvalue weighted by Gasteiger charge is 2.07. The van der Waals surface area contributed by atoms with E-state index in [9.17, 15) is 0 Å². The molecular formula is C20H21N. The second-order valence-electron chi connectivity index (χ2n) is 5.63. The Labute approximate surface area is 126 Å². The molecule has 0 aliphatic heterocycles. The molecule has 3 aromatic carbocycles. The van der Waals surface area contributed by atoms with Gasteiger partial charge in [0.1, 0.15) is 0 Å². The van der Waals surface area contributed by atoms with Crippen molar-refractivity contribution in [2.24, 2.45) is 5.73 Å². The molecule has 1 heteroatoms. The molecule has 1 nitrogen and oxygen atoms in total. The number of fused-ring (bicyclic) bond motifs is 1. The molecule has 0 bridgehead atoms. The van der Waals surface area contributed by atoms with Crippen LogP contribution < -0.4 is 5.73 Å². The van der Waals surface area contributed by atoms with Crippen molar-refractivity contribution in [3.63, 3.8) is 0 Å². The van der Waals surface area contributed by atoms with Crippen LogP contribution in [-0.4, -0.2) is 6.04 Å². The van der Waals surface area contributed by atoms with E-state index < -0.39 is 0 Å². The summed E-state index contributed by atoms with van der Waals surface area (Å²) in [7, 11) is 0. The van der Waals surface area contributed by atoms with Gasteiger partial charge in [0, 0.05) is 6.04 Å². The lowest BCUT2D eigenvalue weighted by atomic mass is 9.96. The predicted octanol–water partition coefficient (Wildman–Crippen LogP) is 4.34. The van der Waals surface area contributed by atoms with Crippen LogP contribution in [0.4, 0.5) is 0 Å². The van der Waals surface area contributed by atoms with Gasteiger partial charge in [-0.25, -0.2) is 0 Å². The number of hydrogen-bond acceptors (Lipinski definition) is 1. The Hall–Kier alpha value is -2.12. The van der Waals surface area contributed by atoms with Gasteiger partial charge in [-0.2, -0.15) is 0 Å². The Balaban J connectivity index is 1.67. The van der Waals surface area contributed by atoms with Gasteiger partial charge in [-0.1, -0.05) is 72.8 Å². The first-order chi connectivity index (χ1) is 10.3.